The summed E-state index contributed by atoms with van der Waals surface area (Å²) in [5.74, 6) is -0.510. The van der Waals surface area contributed by atoms with Crippen LogP contribution in [0.25, 0.3) is 21.8 Å². The Morgan fingerprint density at radius 3 is 2.88 bits per heavy atom. The summed E-state index contributed by atoms with van der Waals surface area (Å²) in [6.07, 6.45) is 0.725. The van der Waals surface area contributed by atoms with E-state index in [-0.39, 0.29) is 11.7 Å². The number of nitrogens with one attached hydrogen (secondary N) is 3. The number of halogens is 2. The monoisotopic (exact) mass is 413 g/mol. The average Bonchev–Trinajstić information content (AvgIpc) is 3.17. The fourth-order valence-electron chi connectivity index (χ4n) is 3.31. The molecule has 26 heavy (non-hydrogen) atoms. The summed E-state index contributed by atoms with van der Waals surface area (Å²) < 4.78 is 14.3. The van der Waals surface area contributed by atoms with E-state index < -0.39 is 0 Å². The van der Waals surface area contributed by atoms with Crippen LogP contribution in [0.5, 0.6) is 0 Å². The molecule has 0 bridgehead atoms. The maximum Gasteiger partial charge on any atom is 0.267 e. The van der Waals surface area contributed by atoms with Crippen LogP contribution in [-0.2, 0) is 6.42 Å². The zero-order valence-electron chi connectivity index (χ0n) is 14.1. The average molecular weight is 414 g/mol. The van der Waals surface area contributed by atoms with Crippen LogP contribution < -0.4 is 5.32 Å². The number of carbonyl (C=O) groups is 1. The SMILES string of the molecule is Cc1[nH]c2c(Br)cccc2c1CCNC(=O)c1cc2cc(F)ccc2[nH]1. The lowest BCUT2D eigenvalue weighted by Gasteiger charge is -2.05. The van der Waals surface area contributed by atoms with Crippen LogP contribution in [0.4, 0.5) is 4.39 Å². The number of fused-ring (bicyclic) bond motifs is 2. The van der Waals surface area contributed by atoms with E-state index in [9.17, 15) is 9.18 Å². The number of H-pyrrole nitrogens is 2. The molecule has 0 fully saturated rings. The summed E-state index contributed by atoms with van der Waals surface area (Å²) in [5, 5.41) is 4.78. The smallest absolute Gasteiger partial charge is 0.267 e. The van der Waals surface area contributed by atoms with Crippen molar-refractivity contribution in [2.75, 3.05) is 6.54 Å². The van der Waals surface area contributed by atoms with Gasteiger partial charge in [-0.05, 0) is 65.2 Å². The molecule has 0 aliphatic heterocycles. The molecule has 0 aliphatic carbocycles. The Kier molecular flexibility index (Phi) is 4.28. The third-order valence-corrected chi connectivity index (χ3v) is 5.25. The van der Waals surface area contributed by atoms with Crippen LogP contribution >= 0.6 is 15.9 Å². The highest BCUT2D eigenvalue weighted by Crippen LogP contribution is 2.28. The Labute approximate surface area is 157 Å². The van der Waals surface area contributed by atoms with E-state index in [1.165, 1.54) is 17.7 Å². The minimum absolute atomic E-state index is 0.194. The first-order chi connectivity index (χ1) is 12.5. The molecular formula is C20H17BrFN3O. The number of aromatic nitrogens is 2. The standard InChI is InChI=1S/C20H17BrFN3O/c1-11-14(15-3-2-4-16(21)19(15)24-11)7-8-23-20(26)18-10-12-9-13(22)5-6-17(12)25-18/h2-6,9-10,24-25H,7-8H2,1H3,(H,23,26). The lowest BCUT2D eigenvalue weighted by molar-refractivity contribution is 0.0950. The highest BCUT2D eigenvalue weighted by Gasteiger charge is 2.12. The summed E-state index contributed by atoms with van der Waals surface area (Å²) in [4.78, 5) is 18.8. The van der Waals surface area contributed by atoms with Gasteiger partial charge in [-0.1, -0.05) is 12.1 Å². The first-order valence-electron chi connectivity index (χ1n) is 8.35. The Morgan fingerprint density at radius 1 is 1.19 bits per heavy atom. The van der Waals surface area contributed by atoms with E-state index in [2.05, 4.69) is 37.3 Å². The number of carbonyl (C=O) groups excluding carboxylic acids is 1. The number of benzene rings is 2. The Morgan fingerprint density at radius 2 is 2.04 bits per heavy atom. The normalized spacial score (nSPS) is 11.3. The largest absolute Gasteiger partial charge is 0.357 e. The third kappa shape index (κ3) is 3.01. The number of hydrogen-bond acceptors (Lipinski definition) is 1. The number of hydrogen-bond donors (Lipinski definition) is 3. The van der Waals surface area contributed by atoms with Crippen LogP contribution in [0.1, 0.15) is 21.7 Å². The highest BCUT2D eigenvalue weighted by molar-refractivity contribution is 9.10. The molecule has 0 saturated carbocycles. The fourth-order valence-corrected chi connectivity index (χ4v) is 3.78. The maximum absolute atomic E-state index is 13.3. The van der Waals surface area contributed by atoms with Gasteiger partial charge >= 0.3 is 0 Å². The van der Waals surface area contributed by atoms with Crippen LogP contribution in [0, 0.1) is 12.7 Å². The van der Waals surface area contributed by atoms with Crippen molar-refractivity contribution in [3.8, 4) is 0 Å². The van der Waals surface area contributed by atoms with Crippen molar-refractivity contribution in [1.29, 1.82) is 0 Å². The summed E-state index contributed by atoms with van der Waals surface area (Å²) in [5.41, 5.74) is 4.55. The topological polar surface area (TPSA) is 60.7 Å². The van der Waals surface area contributed by atoms with Gasteiger partial charge in [-0.15, -0.1) is 0 Å². The van der Waals surface area contributed by atoms with Crippen molar-refractivity contribution in [3.05, 3.63) is 69.7 Å². The van der Waals surface area contributed by atoms with Gasteiger partial charge in [-0.25, -0.2) is 4.39 Å². The second kappa shape index (κ2) is 6.61. The van der Waals surface area contributed by atoms with Gasteiger partial charge in [0.05, 0.1) is 5.52 Å². The molecule has 0 radical (unpaired) electrons. The molecule has 2 aromatic carbocycles. The molecule has 132 valence electrons. The zero-order chi connectivity index (χ0) is 18.3. The molecule has 0 spiro atoms. The second-order valence-electron chi connectivity index (χ2n) is 6.31. The highest BCUT2D eigenvalue weighted by atomic mass is 79.9. The molecule has 0 atom stereocenters. The first-order valence-corrected chi connectivity index (χ1v) is 9.14. The number of rotatable bonds is 4. The van der Waals surface area contributed by atoms with E-state index in [4.69, 9.17) is 0 Å². The van der Waals surface area contributed by atoms with Crippen LogP contribution in [0.15, 0.2) is 46.9 Å². The van der Waals surface area contributed by atoms with Crippen molar-refractivity contribution in [2.24, 2.45) is 0 Å². The lowest BCUT2D eigenvalue weighted by atomic mass is 10.1. The molecular weight excluding hydrogens is 397 g/mol. The van der Waals surface area contributed by atoms with Crippen molar-refractivity contribution >= 4 is 43.6 Å². The molecule has 2 heterocycles. The predicted molar refractivity (Wildman–Crippen MR) is 105 cm³/mol. The molecule has 4 aromatic rings. The minimum Gasteiger partial charge on any atom is -0.357 e. The predicted octanol–water partition coefficient (Wildman–Crippen LogP) is 4.83. The van der Waals surface area contributed by atoms with Crippen molar-refractivity contribution in [1.82, 2.24) is 15.3 Å². The van der Waals surface area contributed by atoms with E-state index in [0.717, 1.165) is 33.0 Å². The Hall–Kier alpha value is -2.60. The number of amides is 1. The van der Waals surface area contributed by atoms with Gasteiger partial charge in [0, 0.05) is 33.0 Å². The Bertz CT molecular complexity index is 1130. The van der Waals surface area contributed by atoms with Gasteiger partial charge in [0.15, 0.2) is 0 Å². The maximum atomic E-state index is 13.3. The van der Waals surface area contributed by atoms with Crippen LogP contribution in [0.3, 0.4) is 0 Å². The zero-order valence-corrected chi connectivity index (χ0v) is 15.7. The molecule has 1 amide bonds. The quantitative estimate of drug-likeness (QED) is 0.440. The fraction of sp³-hybridized carbons (Fsp3) is 0.150. The summed E-state index contributed by atoms with van der Waals surface area (Å²) in [7, 11) is 0. The third-order valence-electron chi connectivity index (χ3n) is 4.59. The molecule has 0 saturated heterocycles. The van der Waals surface area contributed by atoms with Gasteiger partial charge in [0.25, 0.3) is 5.91 Å². The van der Waals surface area contributed by atoms with Crippen molar-refractivity contribution in [2.45, 2.75) is 13.3 Å². The number of aryl methyl sites for hydroxylation is 1. The van der Waals surface area contributed by atoms with E-state index in [0.29, 0.717) is 17.6 Å². The summed E-state index contributed by atoms with van der Waals surface area (Å²) >= 11 is 3.56. The van der Waals surface area contributed by atoms with E-state index >= 15 is 0 Å². The van der Waals surface area contributed by atoms with E-state index in [1.54, 1.807) is 12.1 Å². The molecule has 4 nitrogen and oxygen atoms in total. The van der Waals surface area contributed by atoms with Crippen LogP contribution in [0.2, 0.25) is 0 Å². The molecule has 6 heteroatoms. The summed E-state index contributed by atoms with van der Waals surface area (Å²) in [6, 6.07) is 12.2. The first kappa shape index (κ1) is 16.8. The van der Waals surface area contributed by atoms with Gasteiger partial charge < -0.3 is 15.3 Å². The molecule has 3 N–H and O–H groups in total. The van der Waals surface area contributed by atoms with Crippen molar-refractivity contribution < 1.29 is 9.18 Å². The number of aromatic amines is 2. The van der Waals surface area contributed by atoms with Gasteiger partial charge in [0.2, 0.25) is 0 Å². The van der Waals surface area contributed by atoms with Gasteiger partial charge in [0.1, 0.15) is 11.5 Å². The number of para-hydroxylation sites is 1. The van der Waals surface area contributed by atoms with Crippen molar-refractivity contribution in [3.63, 3.8) is 0 Å². The second-order valence-corrected chi connectivity index (χ2v) is 7.17. The molecule has 2 aromatic heterocycles. The molecule has 0 unspecified atom stereocenters. The van der Waals surface area contributed by atoms with Crippen LogP contribution in [-0.4, -0.2) is 22.4 Å². The molecule has 4 rings (SSSR count). The van der Waals surface area contributed by atoms with E-state index in [1.807, 2.05) is 19.1 Å². The lowest BCUT2D eigenvalue weighted by Crippen LogP contribution is -2.26. The van der Waals surface area contributed by atoms with Gasteiger partial charge in [-0.3, -0.25) is 4.79 Å². The van der Waals surface area contributed by atoms with Gasteiger partial charge in [-0.2, -0.15) is 0 Å². The molecule has 0 aliphatic rings. The summed E-state index contributed by atoms with van der Waals surface area (Å²) in [6.45, 7) is 2.55. The Balaban J connectivity index is 1.48. The minimum atomic E-state index is -0.315.